The van der Waals surface area contributed by atoms with E-state index in [2.05, 4.69) is 5.32 Å². The van der Waals surface area contributed by atoms with Gasteiger partial charge in [-0.25, -0.2) is 0 Å². The second-order valence-electron chi connectivity index (χ2n) is 5.19. The van der Waals surface area contributed by atoms with Crippen molar-refractivity contribution in [1.82, 2.24) is 5.32 Å². The first-order chi connectivity index (χ1) is 9.54. The van der Waals surface area contributed by atoms with Crippen LogP contribution in [0.25, 0.3) is 0 Å². The molecule has 0 spiro atoms. The van der Waals surface area contributed by atoms with Crippen LogP contribution in [0.3, 0.4) is 0 Å². The number of carboxylic acids is 1. The van der Waals surface area contributed by atoms with Gasteiger partial charge in [0, 0.05) is 5.56 Å². The second-order valence-corrected chi connectivity index (χ2v) is 5.19. The zero-order valence-electron chi connectivity index (χ0n) is 11.1. The molecule has 104 valence electrons. The molecule has 20 heavy (non-hydrogen) atoms. The van der Waals surface area contributed by atoms with Crippen LogP contribution < -0.4 is 5.32 Å². The molecule has 0 aliphatic heterocycles. The van der Waals surface area contributed by atoms with Crippen LogP contribution in [0.1, 0.15) is 41.6 Å². The molecule has 1 aliphatic carbocycles. The maximum atomic E-state index is 12.1. The molecule has 2 rings (SSSR count). The van der Waals surface area contributed by atoms with Crippen LogP contribution in [0.2, 0.25) is 0 Å². The zero-order chi connectivity index (χ0) is 14.6. The molecule has 5 heteroatoms. The number of hydrogen-bond donors (Lipinski definition) is 2. The first kappa shape index (κ1) is 14.1. The molecule has 1 aliphatic rings. The number of nitrogens with zero attached hydrogens (tertiary/aromatic N) is 1. The number of aliphatic carboxylic acids is 1. The van der Waals surface area contributed by atoms with Gasteiger partial charge in [-0.05, 0) is 37.0 Å². The maximum Gasteiger partial charge on any atom is 0.305 e. The van der Waals surface area contributed by atoms with E-state index in [1.165, 1.54) is 0 Å². The molecule has 1 aromatic rings. The maximum absolute atomic E-state index is 12.1. The van der Waals surface area contributed by atoms with Crippen LogP contribution in [0.4, 0.5) is 0 Å². The van der Waals surface area contributed by atoms with E-state index in [1.807, 2.05) is 6.07 Å². The number of amides is 1. The summed E-state index contributed by atoms with van der Waals surface area (Å²) in [7, 11) is 0. The Hall–Kier alpha value is -2.35. The third-order valence-electron chi connectivity index (χ3n) is 3.68. The van der Waals surface area contributed by atoms with Crippen molar-refractivity contribution >= 4 is 11.9 Å². The minimum Gasteiger partial charge on any atom is -0.481 e. The SMILES string of the molecule is N#CCc1ccc(C(=O)NC2(CC(=O)O)CCC2)cc1. The predicted octanol–water partition coefficient (Wildman–Crippen LogP) is 1.88. The summed E-state index contributed by atoms with van der Waals surface area (Å²) in [5.41, 5.74) is 0.755. The Labute approximate surface area is 117 Å². The fraction of sp³-hybridized carbons (Fsp3) is 0.400. The lowest BCUT2D eigenvalue weighted by molar-refractivity contribution is -0.139. The Balaban J connectivity index is 2.04. The normalized spacial score (nSPS) is 15.8. The molecule has 0 radical (unpaired) electrons. The highest BCUT2D eigenvalue weighted by atomic mass is 16.4. The standard InChI is InChI=1S/C15H16N2O3/c16-9-6-11-2-4-12(5-3-11)14(20)17-15(7-1-8-15)10-13(18)19/h2-5H,1,6-8,10H2,(H,17,20)(H,18,19). The molecule has 0 unspecified atom stereocenters. The third-order valence-corrected chi connectivity index (χ3v) is 3.68. The van der Waals surface area contributed by atoms with Gasteiger partial charge in [-0.15, -0.1) is 0 Å². The van der Waals surface area contributed by atoms with Crippen LogP contribution in [-0.2, 0) is 11.2 Å². The van der Waals surface area contributed by atoms with Gasteiger partial charge in [0.25, 0.3) is 5.91 Å². The summed E-state index contributed by atoms with van der Waals surface area (Å²) < 4.78 is 0. The molecule has 5 nitrogen and oxygen atoms in total. The van der Waals surface area contributed by atoms with Crippen molar-refractivity contribution < 1.29 is 14.7 Å². The highest BCUT2D eigenvalue weighted by Crippen LogP contribution is 2.35. The molecule has 0 atom stereocenters. The molecular weight excluding hydrogens is 256 g/mol. The number of rotatable bonds is 5. The summed E-state index contributed by atoms with van der Waals surface area (Å²) in [5.74, 6) is -1.15. The average Bonchev–Trinajstić information content (AvgIpc) is 2.36. The third kappa shape index (κ3) is 3.15. The molecule has 1 amide bonds. The summed E-state index contributed by atoms with van der Waals surface area (Å²) in [4.78, 5) is 23.0. The number of hydrogen-bond acceptors (Lipinski definition) is 3. The van der Waals surface area contributed by atoms with Crippen LogP contribution in [0.5, 0.6) is 0 Å². The van der Waals surface area contributed by atoms with Crippen molar-refractivity contribution in [2.45, 2.75) is 37.6 Å². The van der Waals surface area contributed by atoms with Crippen LogP contribution >= 0.6 is 0 Å². The lowest BCUT2D eigenvalue weighted by Gasteiger charge is -2.41. The van der Waals surface area contributed by atoms with Crippen molar-refractivity contribution in [1.29, 1.82) is 5.26 Å². The average molecular weight is 272 g/mol. The minimum absolute atomic E-state index is 0.0365. The lowest BCUT2D eigenvalue weighted by atomic mass is 9.74. The largest absolute Gasteiger partial charge is 0.481 e. The fourth-order valence-corrected chi connectivity index (χ4v) is 2.42. The Morgan fingerprint density at radius 3 is 2.40 bits per heavy atom. The molecule has 2 N–H and O–H groups in total. The molecule has 0 heterocycles. The first-order valence-electron chi connectivity index (χ1n) is 6.55. The monoisotopic (exact) mass is 272 g/mol. The topological polar surface area (TPSA) is 90.2 Å². The second kappa shape index (κ2) is 5.74. The van der Waals surface area contributed by atoms with Gasteiger partial charge in [0.1, 0.15) is 0 Å². The van der Waals surface area contributed by atoms with Crippen LogP contribution in [-0.4, -0.2) is 22.5 Å². The van der Waals surface area contributed by atoms with E-state index in [0.29, 0.717) is 24.8 Å². The van der Waals surface area contributed by atoms with E-state index < -0.39 is 11.5 Å². The zero-order valence-corrected chi connectivity index (χ0v) is 11.1. The lowest BCUT2D eigenvalue weighted by Crippen LogP contribution is -2.54. The number of carbonyl (C=O) groups is 2. The Morgan fingerprint density at radius 2 is 1.95 bits per heavy atom. The summed E-state index contributed by atoms with van der Waals surface area (Å²) in [6.45, 7) is 0. The number of benzene rings is 1. The molecule has 1 aromatic carbocycles. The molecule has 1 fully saturated rings. The van der Waals surface area contributed by atoms with E-state index in [4.69, 9.17) is 10.4 Å². The Kier molecular flexibility index (Phi) is 4.04. The van der Waals surface area contributed by atoms with Crippen molar-refractivity contribution in [3.63, 3.8) is 0 Å². The van der Waals surface area contributed by atoms with E-state index in [-0.39, 0.29) is 12.3 Å². The number of carboxylic acid groups (broad SMARTS) is 1. The molecule has 0 saturated heterocycles. The minimum atomic E-state index is -0.894. The summed E-state index contributed by atoms with van der Waals surface area (Å²) in [5, 5.41) is 20.3. The van der Waals surface area contributed by atoms with Gasteiger partial charge in [0.2, 0.25) is 0 Å². The van der Waals surface area contributed by atoms with E-state index >= 15 is 0 Å². The quantitative estimate of drug-likeness (QED) is 0.856. The highest BCUT2D eigenvalue weighted by molar-refractivity contribution is 5.95. The van der Waals surface area contributed by atoms with Gasteiger partial charge in [0.15, 0.2) is 0 Å². The van der Waals surface area contributed by atoms with Gasteiger partial charge in [0.05, 0.1) is 24.4 Å². The molecule has 0 bridgehead atoms. The highest BCUT2D eigenvalue weighted by Gasteiger charge is 2.40. The number of nitriles is 1. The molecule has 0 aromatic heterocycles. The van der Waals surface area contributed by atoms with E-state index in [1.54, 1.807) is 24.3 Å². The van der Waals surface area contributed by atoms with Gasteiger partial charge in [-0.3, -0.25) is 9.59 Å². The molecule has 1 saturated carbocycles. The van der Waals surface area contributed by atoms with Crippen LogP contribution in [0, 0.1) is 11.3 Å². The first-order valence-corrected chi connectivity index (χ1v) is 6.55. The summed E-state index contributed by atoms with van der Waals surface area (Å²) >= 11 is 0. The van der Waals surface area contributed by atoms with E-state index in [9.17, 15) is 9.59 Å². The van der Waals surface area contributed by atoms with E-state index in [0.717, 1.165) is 12.0 Å². The van der Waals surface area contributed by atoms with Gasteiger partial charge in [-0.2, -0.15) is 5.26 Å². The van der Waals surface area contributed by atoms with Gasteiger partial charge >= 0.3 is 5.97 Å². The molecular formula is C15H16N2O3. The van der Waals surface area contributed by atoms with Gasteiger partial charge in [-0.1, -0.05) is 12.1 Å². The van der Waals surface area contributed by atoms with Crippen molar-refractivity contribution in [2.24, 2.45) is 0 Å². The smallest absolute Gasteiger partial charge is 0.305 e. The number of carbonyl (C=O) groups excluding carboxylic acids is 1. The van der Waals surface area contributed by atoms with Gasteiger partial charge < -0.3 is 10.4 Å². The Morgan fingerprint density at radius 1 is 1.30 bits per heavy atom. The van der Waals surface area contributed by atoms with Crippen molar-refractivity contribution in [3.05, 3.63) is 35.4 Å². The summed E-state index contributed by atoms with van der Waals surface area (Å²) in [6, 6.07) is 8.85. The summed E-state index contributed by atoms with van der Waals surface area (Å²) in [6.07, 6.45) is 2.62. The van der Waals surface area contributed by atoms with Crippen molar-refractivity contribution in [2.75, 3.05) is 0 Å². The fourth-order valence-electron chi connectivity index (χ4n) is 2.42. The number of nitrogens with one attached hydrogen (secondary N) is 1. The Bertz CT molecular complexity index is 553. The van der Waals surface area contributed by atoms with Crippen LogP contribution in [0.15, 0.2) is 24.3 Å². The predicted molar refractivity (Wildman–Crippen MR) is 72.1 cm³/mol. The van der Waals surface area contributed by atoms with Crippen molar-refractivity contribution in [3.8, 4) is 6.07 Å².